The summed E-state index contributed by atoms with van der Waals surface area (Å²) in [5, 5.41) is 4.99. The fourth-order valence-electron chi connectivity index (χ4n) is 3.20. The van der Waals surface area contributed by atoms with E-state index in [0.29, 0.717) is 16.3 Å². The van der Waals surface area contributed by atoms with Crippen molar-refractivity contribution in [2.45, 2.75) is 32.8 Å². The number of anilines is 1. The van der Waals surface area contributed by atoms with Gasteiger partial charge >= 0.3 is 0 Å². The SMILES string of the molecule is CC(C)Oc1cc(C(=O)Nc2nccs2)cc(Oc2ccc(C(=O)N3CCCC3)cn2)n1. The number of hydrogen-bond acceptors (Lipinski definition) is 8. The highest BCUT2D eigenvalue weighted by molar-refractivity contribution is 7.13. The van der Waals surface area contributed by atoms with Gasteiger partial charge in [0, 0.05) is 49.1 Å². The van der Waals surface area contributed by atoms with Gasteiger partial charge in [-0.25, -0.2) is 9.97 Å². The van der Waals surface area contributed by atoms with Crippen molar-refractivity contribution in [2.24, 2.45) is 0 Å². The molecule has 9 nitrogen and oxygen atoms in total. The Bertz CT molecular complexity index is 1080. The number of nitrogens with zero attached hydrogens (tertiary/aromatic N) is 4. The van der Waals surface area contributed by atoms with E-state index in [-0.39, 0.29) is 35.6 Å². The molecule has 0 radical (unpaired) electrons. The minimum atomic E-state index is -0.361. The van der Waals surface area contributed by atoms with Gasteiger partial charge in [-0.15, -0.1) is 11.3 Å². The van der Waals surface area contributed by atoms with Crippen LogP contribution in [0, 0.1) is 0 Å². The number of pyridine rings is 2. The van der Waals surface area contributed by atoms with Crippen molar-refractivity contribution in [2.75, 3.05) is 18.4 Å². The van der Waals surface area contributed by atoms with Crippen LogP contribution in [0.25, 0.3) is 0 Å². The van der Waals surface area contributed by atoms with Crippen molar-refractivity contribution < 1.29 is 19.1 Å². The van der Waals surface area contributed by atoms with Gasteiger partial charge in [-0.2, -0.15) is 4.98 Å². The first kappa shape index (κ1) is 21.7. The van der Waals surface area contributed by atoms with Gasteiger partial charge in [0.2, 0.25) is 17.6 Å². The maximum atomic E-state index is 12.7. The van der Waals surface area contributed by atoms with E-state index in [1.165, 1.54) is 23.6 Å². The molecule has 0 bridgehead atoms. The van der Waals surface area contributed by atoms with Crippen molar-refractivity contribution in [3.05, 3.63) is 53.2 Å². The van der Waals surface area contributed by atoms with Crippen LogP contribution in [-0.4, -0.2) is 50.9 Å². The van der Waals surface area contributed by atoms with E-state index in [4.69, 9.17) is 9.47 Å². The first-order valence-corrected chi connectivity index (χ1v) is 11.2. The lowest BCUT2D eigenvalue weighted by Crippen LogP contribution is -2.27. The van der Waals surface area contributed by atoms with Crippen LogP contribution < -0.4 is 14.8 Å². The topological polar surface area (TPSA) is 107 Å². The lowest BCUT2D eigenvalue weighted by molar-refractivity contribution is 0.0792. The number of aromatic nitrogens is 3. The number of amides is 2. The summed E-state index contributed by atoms with van der Waals surface area (Å²) in [4.78, 5) is 39.6. The fourth-order valence-corrected chi connectivity index (χ4v) is 3.72. The third kappa shape index (κ3) is 5.38. The summed E-state index contributed by atoms with van der Waals surface area (Å²) < 4.78 is 11.4. The fraction of sp³-hybridized carbons (Fsp3) is 0.318. The normalized spacial score (nSPS) is 13.3. The second kappa shape index (κ2) is 9.73. The molecule has 0 aromatic carbocycles. The molecular formula is C22H23N5O4S. The number of carbonyl (C=O) groups excluding carboxylic acids is 2. The molecule has 1 N–H and O–H groups in total. The molecule has 3 aromatic rings. The van der Waals surface area contributed by atoms with Gasteiger partial charge in [-0.05, 0) is 32.8 Å². The first-order chi connectivity index (χ1) is 15.5. The van der Waals surface area contributed by atoms with E-state index >= 15 is 0 Å². The Morgan fingerprint density at radius 3 is 2.50 bits per heavy atom. The molecule has 0 saturated carbocycles. The van der Waals surface area contributed by atoms with Crippen LogP contribution in [-0.2, 0) is 0 Å². The molecule has 4 heterocycles. The number of thiazole rings is 1. The molecule has 3 aromatic heterocycles. The van der Waals surface area contributed by atoms with Crippen LogP contribution in [0.3, 0.4) is 0 Å². The smallest absolute Gasteiger partial charge is 0.257 e. The largest absolute Gasteiger partial charge is 0.475 e. The third-order valence-corrected chi connectivity index (χ3v) is 5.32. The second-order valence-electron chi connectivity index (χ2n) is 7.48. The molecular weight excluding hydrogens is 430 g/mol. The molecule has 2 amide bonds. The lowest BCUT2D eigenvalue weighted by atomic mass is 10.2. The number of carbonyl (C=O) groups is 2. The first-order valence-electron chi connectivity index (χ1n) is 10.3. The number of rotatable bonds is 7. The molecule has 1 aliphatic rings. The number of hydrogen-bond donors (Lipinski definition) is 1. The zero-order chi connectivity index (χ0) is 22.5. The van der Waals surface area contributed by atoms with Gasteiger partial charge in [0.1, 0.15) is 0 Å². The predicted molar refractivity (Wildman–Crippen MR) is 120 cm³/mol. The standard InChI is InChI=1S/C22H23N5O4S/c1-14(2)30-18-11-16(20(28)26-22-23-7-10-32-22)12-19(25-18)31-17-6-5-15(13-24-17)21(29)27-8-3-4-9-27/h5-7,10-14H,3-4,8-9H2,1-2H3,(H,23,26,28). The van der Waals surface area contributed by atoms with E-state index in [9.17, 15) is 9.59 Å². The molecule has 0 aliphatic carbocycles. The lowest BCUT2D eigenvalue weighted by Gasteiger charge is -2.15. The maximum absolute atomic E-state index is 12.7. The summed E-state index contributed by atoms with van der Waals surface area (Å²) in [5.74, 6) is 0.262. The van der Waals surface area contributed by atoms with E-state index in [1.807, 2.05) is 18.7 Å². The minimum Gasteiger partial charge on any atom is -0.475 e. The molecule has 32 heavy (non-hydrogen) atoms. The third-order valence-electron chi connectivity index (χ3n) is 4.64. The van der Waals surface area contributed by atoms with Crippen LogP contribution in [0.4, 0.5) is 5.13 Å². The van der Waals surface area contributed by atoms with Crippen LogP contribution in [0.2, 0.25) is 0 Å². The molecule has 4 rings (SSSR count). The van der Waals surface area contributed by atoms with Crippen LogP contribution in [0.1, 0.15) is 47.4 Å². The van der Waals surface area contributed by atoms with Crippen molar-refractivity contribution in [1.29, 1.82) is 0 Å². The summed E-state index contributed by atoms with van der Waals surface area (Å²) in [6.45, 7) is 5.27. The molecule has 1 saturated heterocycles. The number of ether oxygens (including phenoxy) is 2. The van der Waals surface area contributed by atoms with Crippen molar-refractivity contribution in [3.8, 4) is 17.6 Å². The van der Waals surface area contributed by atoms with Gasteiger partial charge in [0.25, 0.3) is 11.8 Å². The molecule has 10 heteroatoms. The number of nitrogens with one attached hydrogen (secondary N) is 1. The molecule has 1 aliphatic heterocycles. The summed E-state index contributed by atoms with van der Waals surface area (Å²) >= 11 is 1.32. The summed E-state index contributed by atoms with van der Waals surface area (Å²) in [5.41, 5.74) is 0.814. The van der Waals surface area contributed by atoms with Gasteiger partial charge in [-0.1, -0.05) is 0 Å². The zero-order valence-electron chi connectivity index (χ0n) is 17.8. The van der Waals surface area contributed by atoms with E-state index in [2.05, 4.69) is 20.3 Å². The van der Waals surface area contributed by atoms with E-state index < -0.39 is 0 Å². The average Bonchev–Trinajstić information content (AvgIpc) is 3.47. The predicted octanol–water partition coefficient (Wildman–Crippen LogP) is 4.00. The summed E-state index contributed by atoms with van der Waals surface area (Å²) in [6, 6.07) is 6.33. The second-order valence-corrected chi connectivity index (χ2v) is 8.37. The summed E-state index contributed by atoms with van der Waals surface area (Å²) in [7, 11) is 0. The van der Waals surface area contributed by atoms with Gasteiger partial charge in [-0.3, -0.25) is 14.9 Å². The highest BCUT2D eigenvalue weighted by Gasteiger charge is 2.20. The van der Waals surface area contributed by atoms with Crippen LogP contribution in [0.5, 0.6) is 17.6 Å². The van der Waals surface area contributed by atoms with Crippen LogP contribution >= 0.6 is 11.3 Å². The van der Waals surface area contributed by atoms with Crippen LogP contribution in [0.15, 0.2) is 42.0 Å². The van der Waals surface area contributed by atoms with E-state index in [0.717, 1.165) is 25.9 Å². The Balaban J connectivity index is 1.52. The van der Waals surface area contributed by atoms with Crippen molar-refractivity contribution in [1.82, 2.24) is 19.9 Å². The van der Waals surface area contributed by atoms with Crippen molar-refractivity contribution in [3.63, 3.8) is 0 Å². The molecule has 1 fully saturated rings. The Kier molecular flexibility index (Phi) is 6.60. The average molecular weight is 454 g/mol. The quantitative estimate of drug-likeness (QED) is 0.576. The highest BCUT2D eigenvalue weighted by atomic mass is 32.1. The molecule has 166 valence electrons. The monoisotopic (exact) mass is 453 g/mol. The van der Waals surface area contributed by atoms with Gasteiger partial charge < -0.3 is 14.4 Å². The minimum absolute atomic E-state index is 0.0341. The Hall–Kier alpha value is -3.53. The highest BCUT2D eigenvalue weighted by Crippen LogP contribution is 2.25. The summed E-state index contributed by atoms with van der Waals surface area (Å²) in [6.07, 6.45) is 5.01. The Morgan fingerprint density at radius 1 is 1.06 bits per heavy atom. The molecule has 0 atom stereocenters. The van der Waals surface area contributed by atoms with Gasteiger partial charge in [0.15, 0.2) is 5.13 Å². The maximum Gasteiger partial charge on any atom is 0.257 e. The van der Waals surface area contributed by atoms with Gasteiger partial charge in [0.05, 0.1) is 17.2 Å². The van der Waals surface area contributed by atoms with E-state index in [1.54, 1.807) is 29.8 Å². The zero-order valence-corrected chi connectivity index (χ0v) is 18.6. The molecule has 0 spiro atoms. The Labute approximate surface area is 189 Å². The number of likely N-dealkylation sites (tertiary alicyclic amines) is 1. The molecule has 0 unspecified atom stereocenters. The Morgan fingerprint density at radius 2 is 1.84 bits per heavy atom. The van der Waals surface area contributed by atoms with Crippen molar-refractivity contribution >= 4 is 28.3 Å².